The lowest BCUT2D eigenvalue weighted by atomic mass is 10.3. The van der Waals surface area contributed by atoms with Gasteiger partial charge in [-0.2, -0.15) is 0 Å². The van der Waals surface area contributed by atoms with E-state index in [9.17, 15) is 4.21 Å². The molecule has 0 saturated carbocycles. The Morgan fingerprint density at radius 2 is 2.21 bits per heavy atom. The number of hydrogen-bond donors (Lipinski definition) is 0. The van der Waals surface area contributed by atoms with Crippen LogP contribution in [0.2, 0.25) is 5.02 Å². The molecule has 0 aliphatic heterocycles. The first-order valence-electron chi connectivity index (χ1n) is 6.13. The maximum absolute atomic E-state index is 11.2. The number of halogens is 2. The molecule has 1 aromatic heterocycles. The van der Waals surface area contributed by atoms with E-state index in [0.29, 0.717) is 23.1 Å². The first-order valence-corrected chi connectivity index (χ1v) is 8.77. The van der Waals surface area contributed by atoms with Crippen molar-refractivity contribution in [2.75, 3.05) is 17.9 Å². The topological polar surface area (TPSA) is 34.9 Å². The molecule has 0 aliphatic rings. The Balaban J connectivity index is 2.36. The largest absolute Gasteiger partial charge is 0.327 e. The zero-order valence-corrected chi connectivity index (χ0v) is 13.1. The van der Waals surface area contributed by atoms with Gasteiger partial charge in [-0.25, -0.2) is 4.98 Å². The van der Waals surface area contributed by atoms with Crippen LogP contribution >= 0.6 is 23.2 Å². The molecular weight excluding hydrogens is 303 g/mol. The standard InChI is InChI=1S/C13H16Cl2N2OS/c1-19(18)9-3-8-17-12(6-7-14)16-11-5-2-4-10(15)13(11)17/h2,4-5H,3,6-9H2,1H3. The molecule has 1 atom stereocenters. The SMILES string of the molecule is CS(=O)CCCn1c(CCCl)nc2cccc(Cl)c21. The van der Waals surface area contributed by atoms with Crippen LogP contribution in [0.5, 0.6) is 0 Å². The van der Waals surface area contributed by atoms with Gasteiger partial charge in [-0.1, -0.05) is 17.7 Å². The van der Waals surface area contributed by atoms with Crippen molar-refractivity contribution in [1.82, 2.24) is 9.55 Å². The van der Waals surface area contributed by atoms with Crippen molar-refractivity contribution < 1.29 is 4.21 Å². The van der Waals surface area contributed by atoms with Gasteiger partial charge in [0.15, 0.2) is 0 Å². The van der Waals surface area contributed by atoms with Gasteiger partial charge in [0.1, 0.15) is 5.82 Å². The third-order valence-corrected chi connectivity index (χ3v) is 4.29. The summed E-state index contributed by atoms with van der Waals surface area (Å²) in [7, 11) is -0.769. The summed E-state index contributed by atoms with van der Waals surface area (Å²) < 4.78 is 13.3. The van der Waals surface area contributed by atoms with E-state index in [2.05, 4.69) is 9.55 Å². The van der Waals surface area contributed by atoms with Crippen molar-refractivity contribution in [2.24, 2.45) is 0 Å². The molecule has 104 valence electrons. The van der Waals surface area contributed by atoms with E-state index < -0.39 is 10.8 Å². The quantitative estimate of drug-likeness (QED) is 0.766. The highest BCUT2D eigenvalue weighted by Gasteiger charge is 2.12. The van der Waals surface area contributed by atoms with Crippen molar-refractivity contribution in [3.63, 3.8) is 0 Å². The Morgan fingerprint density at radius 1 is 1.42 bits per heavy atom. The summed E-state index contributed by atoms with van der Waals surface area (Å²) in [5.74, 6) is 2.16. The average molecular weight is 319 g/mol. The van der Waals surface area contributed by atoms with E-state index in [1.807, 2.05) is 18.2 Å². The minimum atomic E-state index is -0.769. The van der Waals surface area contributed by atoms with Crippen LogP contribution in [0.4, 0.5) is 0 Å². The number of alkyl halides is 1. The molecule has 3 nitrogen and oxygen atoms in total. The van der Waals surface area contributed by atoms with Gasteiger partial charge in [0.2, 0.25) is 0 Å². The van der Waals surface area contributed by atoms with E-state index in [1.54, 1.807) is 6.26 Å². The number of para-hydroxylation sites is 1. The second kappa shape index (κ2) is 6.73. The Labute approximate surface area is 125 Å². The number of aryl methyl sites for hydroxylation is 2. The zero-order chi connectivity index (χ0) is 13.8. The molecule has 0 fully saturated rings. The molecule has 0 bridgehead atoms. The summed E-state index contributed by atoms with van der Waals surface area (Å²) in [6.07, 6.45) is 3.27. The number of benzene rings is 1. The van der Waals surface area contributed by atoms with Gasteiger partial charge in [-0.15, -0.1) is 11.6 Å². The molecule has 1 unspecified atom stereocenters. The second-order valence-corrected chi connectivity index (χ2v) is 6.70. The molecule has 6 heteroatoms. The number of rotatable bonds is 6. The average Bonchev–Trinajstić information content (AvgIpc) is 2.69. The maximum Gasteiger partial charge on any atom is 0.111 e. The van der Waals surface area contributed by atoms with E-state index in [0.717, 1.165) is 29.8 Å². The highest BCUT2D eigenvalue weighted by molar-refractivity contribution is 7.84. The minimum absolute atomic E-state index is 0.528. The number of imidazole rings is 1. The molecule has 2 aromatic rings. The molecule has 1 aromatic carbocycles. The Hall–Kier alpha value is -0.580. The van der Waals surface area contributed by atoms with Gasteiger partial charge in [-0.05, 0) is 18.6 Å². The van der Waals surface area contributed by atoms with E-state index in [-0.39, 0.29) is 0 Å². The van der Waals surface area contributed by atoms with E-state index >= 15 is 0 Å². The molecule has 1 heterocycles. The first kappa shape index (κ1) is 14.8. The van der Waals surface area contributed by atoms with Gasteiger partial charge in [0.05, 0.1) is 16.1 Å². The Morgan fingerprint density at radius 3 is 2.89 bits per heavy atom. The molecule has 2 rings (SSSR count). The van der Waals surface area contributed by atoms with Crippen molar-refractivity contribution in [3.05, 3.63) is 29.0 Å². The van der Waals surface area contributed by atoms with Crippen molar-refractivity contribution in [3.8, 4) is 0 Å². The van der Waals surface area contributed by atoms with Gasteiger partial charge in [0, 0.05) is 41.7 Å². The van der Waals surface area contributed by atoms with E-state index in [1.165, 1.54) is 0 Å². The summed E-state index contributed by atoms with van der Waals surface area (Å²) in [6.45, 7) is 0.770. The molecule has 19 heavy (non-hydrogen) atoms. The number of hydrogen-bond acceptors (Lipinski definition) is 2. The highest BCUT2D eigenvalue weighted by atomic mass is 35.5. The zero-order valence-electron chi connectivity index (χ0n) is 10.7. The Kier molecular flexibility index (Phi) is 5.25. The van der Waals surface area contributed by atoms with Gasteiger partial charge < -0.3 is 4.57 Å². The summed E-state index contributed by atoms with van der Waals surface area (Å²) in [4.78, 5) is 4.58. The summed E-state index contributed by atoms with van der Waals surface area (Å²) in [5.41, 5.74) is 1.84. The summed E-state index contributed by atoms with van der Waals surface area (Å²) in [6, 6.07) is 5.71. The smallest absolute Gasteiger partial charge is 0.111 e. The molecule has 0 N–H and O–H groups in total. The van der Waals surface area contributed by atoms with Crippen LogP contribution in [-0.4, -0.2) is 31.6 Å². The molecule has 0 radical (unpaired) electrons. The van der Waals surface area contributed by atoms with Crippen LogP contribution in [-0.2, 0) is 23.8 Å². The molecule has 0 aliphatic carbocycles. The fourth-order valence-electron chi connectivity index (χ4n) is 2.13. The third kappa shape index (κ3) is 3.50. The molecule has 0 amide bonds. The van der Waals surface area contributed by atoms with Gasteiger partial charge in [-0.3, -0.25) is 4.21 Å². The highest BCUT2D eigenvalue weighted by Crippen LogP contribution is 2.25. The van der Waals surface area contributed by atoms with Crippen molar-refractivity contribution in [2.45, 2.75) is 19.4 Å². The fraction of sp³-hybridized carbons (Fsp3) is 0.462. The van der Waals surface area contributed by atoms with Crippen LogP contribution in [0.15, 0.2) is 18.2 Å². The number of fused-ring (bicyclic) bond motifs is 1. The van der Waals surface area contributed by atoms with Gasteiger partial charge in [0.25, 0.3) is 0 Å². The predicted octanol–water partition coefficient (Wildman–Crippen LogP) is 3.24. The summed E-state index contributed by atoms with van der Waals surface area (Å²) >= 11 is 12.1. The predicted molar refractivity (Wildman–Crippen MR) is 82.7 cm³/mol. The lowest BCUT2D eigenvalue weighted by Crippen LogP contribution is -2.08. The van der Waals surface area contributed by atoms with Gasteiger partial charge >= 0.3 is 0 Å². The van der Waals surface area contributed by atoms with E-state index in [4.69, 9.17) is 23.2 Å². The van der Waals surface area contributed by atoms with Crippen LogP contribution in [0.3, 0.4) is 0 Å². The monoisotopic (exact) mass is 318 g/mol. The fourth-order valence-corrected chi connectivity index (χ4v) is 3.11. The van der Waals surface area contributed by atoms with Crippen molar-refractivity contribution in [1.29, 1.82) is 0 Å². The lowest BCUT2D eigenvalue weighted by molar-refractivity contribution is 0.650. The maximum atomic E-state index is 11.2. The normalized spacial score (nSPS) is 13.0. The summed E-state index contributed by atoms with van der Waals surface area (Å²) in [5, 5.41) is 0.698. The minimum Gasteiger partial charge on any atom is -0.327 e. The molecular formula is C13H16Cl2N2OS. The Bertz CT molecular complexity index is 598. The number of aromatic nitrogens is 2. The second-order valence-electron chi connectivity index (χ2n) is 4.36. The van der Waals surface area contributed by atoms with Crippen LogP contribution in [0, 0.1) is 0 Å². The van der Waals surface area contributed by atoms with Crippen LogP contribution in [0.1, 0.15) is 12.2 Å². The molecule has 0 spiro atoms. The molecule has 0 saturated heterocycles. The number of nitrogens with zero attached hydrogens (tertiary/aromatic N) is 2. The van der Waals surface area contributed by atoms with Crippen molar-refractivity contribution >= 4 is 45.0 Å². The van der Waals surface area contributed by atoms with Crippen LogP contribution in [0.25, 0.3) is 11.0 Å². The lowest BCUT2D eigenvalue weighted by Gasteiger charge is -2.08. The third-order valence-electron chi connectivity index (χ3n) is 2.93. The van der Waals surface area contributed by atoms with Crippen LogP contribution < -0.4 is 0 Å². The first-order chi connectivity index (χ1) is 9.13.